The maximum absolute atomic E-state index is 6.29. The summed E-state index contributed by atoms with van der Waals surface area (Å²) in [5.41, 5.74) is 17.2. The zero-order chi connectivity index (χ0) is 20.3. The van der Waals surface area contributed by atoms with Gasteiger partial charge in [-0.2, -0.15) is 0 Å². The average Bonchev–Trinajstić information content (AvgIpc) is 3.40. The van der Waals surface area contributed by atoms with Crippen LogP contribution in [0.15, 0.2) is 41.8 Å². The normalized spacial score (nSPS) is 24.2. The summed E-state index contributed by atoms with van der Waals surface area (Å²) in [5.74, 6) is 2.14. The van der Waals surface area contributed by atoms with Crippen molar-refractivity contribution < 1.29 is 0 Å². The van der Waals surface area contributed by atoms with Crippen molar-refractivity contribution in [2.45, 2.75) is 62.8 Å². The van der Waals surface area contributed by atoms with Crippen LogP contribution in [-0.2, 0) is 11.8 Å². The Morgan fingerprint density at radius 3 is 2.83 bits per heavy atom. The molecule has 0 saturated heterocycles. The molecule has 2 fully saturated rings. The van der Waals surface area contributed by atoms with Gasteiger partial charge in [-0.1, -0.05) is 18.6 Å². The third kappa shape index (κ3) is 2.59. The lowest BCUT2D eigenvalue weighted by molar-refractivity contribution is 0.344. The molecule has 4 N–H and O–H groups in total. The second-order valence-electron chi connectivity index (χ2n) is 9.37. The van der Waals surface area contributed by atoms with Crippen LogP contribution in [0.3, 0.4) is 0 Å². The fourth-order valence-electron chi connectivity index (χ4n) is 5.88. The lowest BCUT2D eigenvalue weighted by Gasteiger charge is -2.38. The second-order valence-corrected chi connectivity index (χ2v) is 9.37. The van der Waals surface area contributed by atoms with Crippen LogP contribution in [0.25, 0.3) is 11.0 Å². The smallest absolute Gasteiger partial charge is 0.145 e. The van der Waals surface area contributed by atoms with E-state index in [1.807, 2.05) is 6.07 Å². The summed E-state index contributed by atoms with van der Waals surface area (Å²) in [7, 11) is 0. The van der Waals surface area contributed by atoms with Gasteiger partial charge in [0.1, 0.15) is 23.6 Å². The Morgan fingerprint density at radius 1 is 1.10 bits per heavy atom. The van der Waals surface area contributed by atoms with Gasteiger partial charge in [0.05, 0.1) is 16.5 Å². The molecule has 3 heterocycles. The van der Waals surface area contributed by atoms with E-state index in [1.165, 1.54) is 43.2 Å². The van der Waals surface area contributed by atoms with Crippen LogP contribution in [0, 0.1) is 5.92 Å². The Hall–Kier alpha value is -2.89. The quantitative estimate of drug-likeness (QED) is 0.678. The first-order chi connectivity index (χ1) is 14.6. The molecule has 2 unspecified atom stereocenters. The predicted molar refractivity (Wildman–Crippen MR) is 120 cm³/mol. The number of nitrogens with zero attached hydrogens (tertiary/aromatic N) is 4. The molecule has 1 spiro atoms. The summed E-state index contributed by atoms with van der Waals surface area (Å²) >= 11 is 0. The highest BCUT2D eigenvalue weighted by molar-refractivity contribution is 6.00. The minimum absolute atomic E-state index is 0.0685. The lowest BCUT2D eigenvalue weighted by atomic mass is 9.64. The molecule has 6 heteroatoms. The molecule has 2 aliphatic carbocycles. The van der Waals surface area contributed by atoms with Gasteiger partial charge in [0, 0.05) is 12.2 Å². The molecule has 6 nitrogen and oxygen atoms in total. The monoisotopic (exact) mass is 400 g/mol. The average molecular weight is 401 g/mol. The van der Waals surface area contributed by atoms with Gasteiger partial charge in [-0.3, -0.25) is 0 Å². The standard InChI is InChI=1S/C24H28N6/c25-21-18-8-11-30(22(18)28-14-27-21)17-6-4-15(12-17)2-3-16-5-7-19-20(13-16)29-23(26)24(19)9-1-10-24/h5,7-8,11,13-15,17H,1-4,6,9-10,12H2,(H2,26,29)(H2,25,27,28). The zero-order valence-corrected chi connectivity index (χ0v) is 17.2. The third-order valence-electron chi connectivity index (χ3n) is 7.80. The number of benzene rings is 1. The number of amidine groups is 1. The molecule has 2 atom stereocenters. The van der Waals surface area contributed by atoms with E-state index in [2.05, 4.69) is 38.9 Å². The zero-order valence-electron chi connectivity index (χ0n) is 17.2. The summed E-state index contributed by atoms with van der Waals surface area (Å²) in [6.45, 7) is 0. The van der Waals surface area contributed by atoms with Crippen molar-refractivity contribution in [2.24, 2.45) is 16.6 Å². The molecule has 0 radical (unpaired) electrons. The first-order valence-corrected chi connectivity index (χ1v) is 11.2. The minimum atomic E-state index is 0.0685. The molecule has 1 aromatic carbocycles. The lowest BCUT2D eigenvalue weighted by Crippen LogP contribution is -2.44. The number of anilines is 1. The number of nitrogens with two attached hydrogens (primary N) is 2. The van der Waals surface area contributed by atoms with Crippen LogP contribution in [-0.4, -0.2) is 20.4 Å². The second kappa shape index (κ2) is 6.56. The summed E-state index contributed by atoms with van der Waals surface area (Å²) in [5, 5.41) is 0.961. The maximum Gasteiger partial charge on any atom is 0.145 e. The predicted octanol–water partition coefficient (Wildman–Crippen LogP) is 4.41. The van der Waals surface area contributed by atoms with E-state index < -0.39 is 0 Å². The van der Waals surface area contributed by atoms with Gasteiger partial charge in [0.25, 0.3) is 0 Å². The Labute approximate surface area is 176 Å². The van der Waals surface area contributed by atoms with Gasteiger partial charge in [-0.25, -0.2) is 15.0 Å². The Kier molecular flexibility index (Phi) is 3.92. The highest BCUT2D eigenvalue weighted by atomic mass is 15.1. The fourth-order valence-corrected chi connectivity index (χ4v) is 5.88. The third-order valence-corrected chi connectivity index (χ3v) is 7.80. The summed E-state index contributed by atoms with van der Waals surface area (Å²) in [6.07, 6.45) is 13.3. The Bertz CT molecular complexity index is 1160. The maximum atomic E-state index is 6.29. The van der Waals surface area contributed by atoms with E-state index in [1.54, 1.807) is 6.33 Å². The van der Waals surface area contributed by atoms with Crippen molar-refractivity contribution in [1.82, 2.24) is 14.5 Å². The van der Waals surface area contributed by atoms with E-state index in [0.29, 0.717) is 11.9 Å². The van der Waals surface area contributed by atoms with E-state index >= 15 is 0 Å². The molecule has 1 aliphatic heterocycles. The first kappa shape index (κ1) is 17.9. The van der Waals surface area contributed by atoms with E-state index in [0.717, 1.165) is 47.7 Å². The van der Waals surface area contributed by atoms with Crippen LogP contribution in [0.4, 0.5) is 11.5 Å². The fraction of sp³-hybridized carbons (Fsp3) is 0.458. The van der Waals surface area contributed by atoms with Gasteiger partial charge >= 0.3 is 0 Å². The summed E-state index contributed by atoms with van der Waals surface area (Å²) in [4.78, 5) is 13.3. The van der Waals surface area contributed by atoms with Gasteiger partial charge in [-0.15, -0.1) is 0 Å². The molecule has 0 bridgehead atoms. The Morgan fingerprint density at radius 2 is 2.00 bits per heavy atom. The molecule has 2 aromatic heterocycles. The van der Waals surface area contributed by atoms with Gasteiger partial charge in [0.2, 0.25) is 0 Å². The molecular formula is C24H28N6. The minimum Gasteiger partial charge on any atom is -0.386 e. The molecule has 6 rings (SSSR count). The van der Waals surface area contributed by atoms with E-state index in [9.17, 15) is 0 Å². The van der Waals surface area contributed by atoms with E-state index in [-0.39, 0.29) is 5.41 Å². The van der Waals surface area contributed by atoms with Crippen molar-refractivity contribution in [2.75, 3.05) is 5.73 Å². The summed E-state index contributed by atoms with van der Waals surface area (Å²) in [6, 6.07) is 9.42. The Balaban J connectivity index is 1.13. The number of rotatable bonds is 4. The van der Waals surface area contributed by atoms with Crippen LogP contribution < -0.4 is 11.5 Å². The number of hydrogen-bond donors (Lipinski definition) is 2. The molecule has 3 aromatic rings. The number of hydrogen-bond acceptors (Lipinski definition) is 5. The van der Waals surface area contributed by atoms with Crippen molar-refractivity contribution in [3.8, 4) is 0 Å². The van der Waals surface area contributed by atoms with Crippen LogP contribution in [0.5, 0.6) is 0 Å². The highest BCUT2D eigenvalue weighted by Gasteiger charge is 2.47. The number of aromatic nitrogens is 3. The topological polar surface area (TPSA) is 95.1 Å². The molecule has 2 saturated carbocycles. The molecule has 0 amide bonds. The highest BCUT2D eigenvalue weighted by Crippen LogP contribution is 2.51. The molecule has 154 valence electrons. The van der Waals surface area contributed by atoms with Crippen LogP contribution in [0.1, 0.15) is 62.1 Å². The van der Waals surface area contributed by atoms with Crippen molar-refractivity contribution >= 4 is 28.4 Å². The van der Waals surface area contributed by atoms with E-state index in [4.69, 9.17) is 16.5 Å². The number of fused-ring (bicyclic) bond motifs is 3. The van der Waals surface area contributed by atoms with Gasteiger partial charge in [-0.05, 0) is 74.1 Å². The van der Waals surface area contributed by atoms with Crippen molar-refractivity contribution in [3.63, 3.8) is 0 Å². The van der Waals surface area contributed by atoms with Crippen LogP contribution >= 0.6 is 0 Å². The number of aryl methyl sites for hydroxylation is 1. The molecule has 30 heavy (non-hydrogen) atoms. The SMILES string of the molecule is NC1=Nc2cc(CCC3CCC(n4ccc5c(N)ncnc54)C3)ccc2C12CCC2. The largest absolute Gasteiger partial charge is 0.386 e. The first-order valence-electron chi connectivity index (χ1n) is 11.2. The van der Waals surface area contributed by atoms with Crippen molar-refractivity contribution in [3.05, 3.63) is 47.9 Å². The molecular weight excluding hydrogens is 372 g/mol. The molecule has 3 aliphatic rings. The van der Waals surface area contributed by atoms with Crippen molar-refractivity contribution in [1.29, 1.82) is 0 Å². The summed E-state index contributed by atoms with van der Waals surface area (Å²) < 4.78 is 2.30. The number of nitrogen functional groups attached to an aromatic ring is 1. The van der Waals surface area contributed by atoms with Crippen LogP contribution in [0.2, 0.25) is 0 Å². The number of aliphatic imine (C=N–C) groups is 1. The van der Waals surface area contributed by atoms with Gasteiger partial charge in [0.15, 0.2) is 0 Å². The van der Waals surface area contributed by atoms with Gasteiger partial charge < -0.3 is 16.0 Å².